The normalized spacial score (nSPS) is 12.4. The standard InChI is InChI=1S/C44H28N4/c1-25-11-16-31-32-18-14-28(24-41(32)48-40-10-6-3-7-36(40)45-43(48)35(31)22-25)27-13-17-30-29(23-27)15-19-33-34-21-26(2)12-20-38(34)47-39-9-5-4-8-37(39)46-44(47)42(30)33/h3-24H,1-2H3. The number of para-hydroxylation sites is 4. The van der Waals surface area contributed by atoms with E-state index in [1.807, 2.05) is 0 Å². The Balaban J connectivity index is 1.20. The van der Waals surface area contributed by atoms with E-state index in [2.05, 4.69) is 156 Å². The second kappa shape index (κ2) is 9.18. The van der Waals surface area contributed by atoms with Gasteiger partial charge in [-0.3, -0.25) is 8.80 Å². The van der Waals surface area contributed by atoms with Gasteiger partial charge in [0.05, 0.1) is 33.1 Å². The van der Waals surface area contributed by atoms with Crippen molar-refractivity contribution < 1.29 is 0 Å². The van der Waals surface area contributed by atoms with Crippen LogP contribution in [0.4, 0.5) is 0 Å². The van der Waals surface area contributed by atoms with E-state index in [0.717, 1.165) is 33.4 Å². The summed E-state index contributed by atoms with van der Waals surface area (Å²) in [5.41, 5.74) is 13.5. The highest BCUT2D eigenvalue weighted by molar-refractivity contribution is 6.23. The van der Waals surface area contributed by atoms with Gasteiger partial charge in [-0.1, -0.05) is 90.0 Å². The summed E-state index contributed by atoms with van der Waals surface area (Å²) in [5.74, 6) is 0. The monoisotopic (exact) mass is 612 g/mol. The van der Waals surface area contributed by atoms with Gasteiger partial charge in [-0.05, 0) is 101 Å². The first-order chi connectivity index (χ1) is 23.6. The second-order valence-corrected chi connectivity index (χ2v) is 13.2. The molecule has 11 aromatic rings. The molecule has 4 nitrogen and oxygen atoms in total. The number of nitrogens with zero attached hydrogens (tertiary/aromatic N) is 4. The molecule has 0 aliphatic carbocycles. The minimum Gasteiger partial charge on any atom is -0.292 e. The molecule has 0 fully saturated rings. The minimum absolute atomic E-state index is 1.00. The summed E-state index contributed by atoms with van der Waals surface area (Å²) in [4.78, 5) is 10.3. The maximum Gasteiger partial charge on any atom is 0.147 e. The Hall–Kier alpha value is -6.26. The Morgan fingerprint density at radius 1 is 0.396 bits per heavy atom. The van der Waals surface area contributed by atoms with Crippen LogP contribution in [0.5, 0.6) is 0 Å². The van der Waals surface area contributed by atoms with Crippen LogP contribution in [0.25, 0.3) is 98.6 Å². The van der Waals surface area contributed by atoms with E-state index in [9.17, 15) is 0 Å². The lowest BCUT2D eigenvalue weighted by molar-refractivity contribution is 1.31. The fourth-order valence-corrected chi connectivity index (χ4v) is 8.13. The van der Waals surface area contributed by atoms with Crippen LogP contribution in [0.1, 0.15) is 11.1 Å². The first kappa shape index (κ1) is 25.9. The minimum atomic E-state index is 1.00. The number of benzene rings is 7. The number of hydrogen-bond donors (Lipinski definition) is 0. The van der Waals surface area contributed by atoms with Crippen LogP contribution in [0.3, 0.4) is 0 Å². The highest BCUT2D eigenvalue weighted by atomic mass is 15.0. The molecule has 0 saturated carbocycles. The first-order valence-corrected chi connectivity index (χ1v) is 16.5. The molecule has 0 unspecified atom stereocenters. The van der Waals surface area contributed by atoms with Crippen LogP contribution in [0.2, 0.25) is 0 Å². The molecule has 0 atom stereocenters. The zero-order valence-electron chi connectivity index (χ0n) is 26.5. The van der Waals surface area contributed by atoms with E-state index in [0.29, 0.717) is 0 Å². The van der Waals surface area contributed by atoms with Crippen LogP contribution in [0, 0.1) is 13.8 Å². The fourth-order valence-electron chi connectivity index (χ4n) is 8.13. The molecule has 7 aromatic carbocycles. The molecule has 0 aliphatic rings. The predicted octanol–water partition coefficient (Wildman–Crippen LogP) is 11.3. The molecule has 4 heterocycles. The SMILES string of the molecule is Cc1ccc2c(c1)c1ccc3cc(-c4ccc5c6ccc(C)cc6c6nc7ccccc7n6c5c4)ccc3c1c1nc3ccccc3n21. The molecule has 0 radical (unpaired) electrons. The highest BCUT2D eigenvalue weighted by Crippen LogP contribution is 2.39. The second-order valence-electron chi connectivity index (χ2n) is 13.2. The van der Waals surface area contributed by atoms with Crippen molar-refractivity contribution >= 4 is 87.5 Å². The molecule has 0 saturated heterocycles. The number of imidazole rings is 2. The molecule has 0 amide bonds. The van der Waals surface area contributed by atoms with Gasteiger partial charge in [0.25, 0.3) is 0 Å². The average Bonchev–Trinajstić information content (AvgIpc) is 3.71. The lowest BCUT2D eigenvalue weighted by Gasteiger charge is -2.14. The maximum absolute atomic E-state index is 5.21. The largest absolute Gasteiger partial charge is 0.292 e. The Morgan fingerprint density at radius 3 is 1.79 bits per heavy atom. The average molecular weight is 613 g/mol. The number of pyridine rings is 2. The summed E-state index contributed by atoms with van der Waals surface area (Å²) in [7, 11) is 0. The van der Waals surface area contributed by atoms with Crippen molar-refractivity contribution in [3.63, 3.8) is 0 Å². The van der Waals surface area contributed by atoms with Gasteiger partial charge in [-0.25, -0.2) is 9.97 Å². The van der Waals surface area contributed by atoms with Crippen molar-refractivity contribution in [1.82, 2.24) is 18.8 Å². The van der Waals surface area contributed by atoms with Crippen molar-refractivity contribution in [3.8, 4) is 11.1 Å². The third kappa shape index (κ3) is 3.38. The van der Waals surface area contributed by atoms with Gasteiger partial charge in [0.2, 0.25) is 0 Å². The lowest BCUT2D eigenvalue weighted by Crippen LogP contribution is -1.94. The van der Waals surface area contributed by atoms with Crippen LogP contribution in [-0.4, -0.2) is 18.8 Å². The molecule has 224 valence electrons. The zero-order chi connectivity index (χ0) is 31.7. The summed E-state index contributed by atoms with van der Waals surface area (Å²) < 4.78 is 4.69. The van der Waals surface area contributed by atoms with Crippen LogP contribution in [0.15, 0.2) is 133 Å². The Labute approximate surface area is 275 Å². The van der Waals surface area contributed by atoms with Crippen LogP contribution >= 0.6 is 0 Å². The fraction of sp³-hybridized carbons (Fsp3) is 0.0455. The summed E-state index contributed by atoms with van der Waals surface area (Å²) in [6.07, 6.45) is 0. The van der Waals surface area contributed by atoms with Crippen molar-refractivity contribution in [1.29, 1.82) is 0 Å². The summed E-state index contributed by atoms with van der Waals surface area (Å²) in [6, 6.07) is 48.7. The van der Waals surface area contributed by atoms with E-state index in [4.69, 9.17) is 9.97 Å². The van der Waals surface area contributed by atoms with Crippen molar-refractivity contribution in [2.75, 3.05) is 0 Å². The summed E-state index contributed by atoms with van der Waals surface area (Å²) in [6.45, 7) is 4.32. The highest BCUT2D eigenvalue weighted by Gasteiger charge is 2.18. The van der Waals surface area contributed by atoms with Gasteiger partial charge in [-0.15, -0.1) is 0 Å². The van der Waals surface area contributed by atoms with Gasteiger partial charge in [0.1, 0.15) is 11.3 Å². The van der Waals surface area contributed by atoms with Gasteiger partial charge in [-0.2, -0.15) is 0 Å². The summed E-state index contributed by atoms with van der Waals surface area (Å²) in [5, 5.41) is 9.74. The predicted molar refractivity (Wildman–Crippen MR) is 201 cm³/mol. The van der Waals surface area contributed by atoms with Crippen LogP contribution < -0.4 is 0 Å². The number of fused-ring (bicyclic) bond motifs is 18. The van der Waals surface area contributed by atoms with E-state index < -0.39 is 0 Å². The Bertz CT molecular complexity index is 3200. The lowest BCUT2D eigenvalue weighted by atomic mass is 9.95. The number of aryl methyl sites for hydroxylation is 2. The zero-order valence-corrected chi connectivity index (χ0v) is 26.5. The molecule has 48 heavy (non-hydrogen) atoms. The quantitative estimate of drug-likeness (QED) is 0.173. The van der Waals surface area contributed by atoms with Crippen molar-refractivity contribution in [2.45, 2.75) is 13.8 Å². The molecule has 0 N–H and O–H groups in total. The number of hydrogen-bond acceptors (Lipinski definition) is 2. The Kier molecular flexibility index (Phi) is 4.95. The van der Waals surface area contributed by atoms with E-state index in [1.54, 1.807) is 0 Å². The van der Waals surface area contributed by atoms with Crippen molar-refractivity contribution in [3.05, 3.63) is 145 Å². The molecule has 4 heteroatoms. The van der Waals surface area contributed by atoms with Crippen molar-refractivity contribution in [2.24, 2.45) is 0 Å². The maximum atomic E-state index is 5.21. The molecule has 0 spiro atoms. The first-order valence-electron chi connectivity index (χ1n) is 16.5. The van der Waals surface area contributed by atoms with Gasteiger partial charge < -0.3 is 0 Å². The molecule has 4 aromatic heterocycles. The molecule has 11 rings (SSSR count). The third-order valence-corrected chi connectivity index (χ3v) is 10.3. The number of rotatable bonds is 1. The molecule has 0 aliphatic heterocycles. The number of aromatic nitrogens is 4. The molecular weight excluding hydrogens is 585 g/mol. The molecular formula is C44H28N4. The smallest absolute Gasteiger partial charge is 0.147 e. The van der Waals surface area contributed by atoms with E-state index >= 15 is 0 Å². The molecule has 0 bridgehead atoms. The van der Waals surface area contributed by atoms with Crippen LogP contribution in [-0.2, 0) is 0 Å². The van der Waals surface area contributed by atoms with Gasteiger partial charge in [0, 0.05) is 21.5 Å². The van der Waals surface area contributed by atoms with Gasteiger partial charge >= 0.3 is 0 Å². The van der Waals surface area contributed by atoms with E-state index in [1.165, 1.54) is 76.4 Å². The Morgan fingerprint density at radius 2 is 1.00 bits per heavy atom. The summed E-state index contributed by atoms with van der Waals surface area (Å²) >= 11 is 0. The van der Waals surface area contributed by atoms with Gasteiger partial charge in [0.15, 0.2) is 0 Å². The topological polar surface area (TPSA) is 34.6 Å². The van der Waals surface area contributed by atoms with E-state index in [-0.39, 0.29) is 0 Å². The third-order valence-electron chi connectivity index (χ3n) is 10.3.